The largest absolute Gasteiger partial charge is 0.465 e. The van der Waals surface area contributed by atoms with E-state index in [-0.39, 0.29) is 29.6 Å². The Morgan fingerprint density at radius 3 is 1.64 bits per heavy atom. The van der Waals surface area contributed by atoms with Crippen molar-refractivity contribution in [3.63, 3.8) is 0 Å². The highest BCUT2D eigenvalue weighted by Crippen LogP contribution is 2.47. The topological polar surface area (TPSA) is 88.1 Å². The fraction of sp³-hybridized carbons (Fsp3) is 0.429. The summed E-state index contributed by atoms with van der Waals surface area (Å²) >= 11 is 0. The van der Waals surface area contributed by atoms with Crippen molar-refractivity contribution in [3.8, 4) is 0 Å². The molecule has 122 valence electrons. The second-order valence-electron chi connectivity index (χ2n) is 4.08. The molecule has 0 amide bonds. The lowest BCUT2D eigenvalue weighted by Crippen LogP contribution is -2.17. The Kier molecular flexibility index (Phi) is 6.74. The maximum absolute atomic E-state index is 12.8. The molecule has 22 heavy (non-hydrogen) atoms. The first-order valence-corrected chi connectivity index (χ1v) is 8.17. The van der Waals surface area contributed by atoms with E-state index in [2.05, 4.69) is 9.47 Å². The molecule has 0 heterocycles. The van der Waals surface area contributed by atoms with Crippen molar-refractivity contribution in [2.75, 3.05) is 27.4 Å². The van der Waals surface area contributed by atoms with Gasteiger partial charge in [0.2, 0.25) is 0 Å². The number of rotatable bonds is 7. The molecule has 0 atom stereocenters. The Balaban J connectivity index is 3.47. The zero-order valence-corrected chi connectivity index (χ0v) is 13.8. The maximum Gasteiger partial charge on any atom is 0.361 e. The molecule has 0 aromatic heterocycles. The first-order valence-electron chi connectivity index (χ1n) is 6.63. The number of ether oxygens (including phenoxy) is 2. The van der Waals surface area contributed by atoms with Crippen LogP contribution in [-0.4, -0.2) is 39.4 Å². The molecule has 1 aromatic carbocycles. The summed E-state index contributed by atoms with van der Waals surface area (Å²) < 4.78 is 32.5. The van der Waals surface area contributed by atoms with Crippen molar-refractivity contribution in [1.82, 2.24) is 0 Å². The van der Waals surface area contributed by atoms with Crippen LogP contribution >= 0.6 is 7.60 Å². The van der Waals surface area contributed by atoms with Crippen LogP contribution in [0.5, 0.6) is 0 Å². The predicted octanol–water partition coefficient (Wildman–Crippen LogP) is 2.15. The van der Waals surface area contributed by atoms with Crippen LogP contribution in [0.4, 0.5) is 0 Å². The van der Waals surface area contributed by atoms with Gasteiger partial charge in [-0.1, -0.05) is 0 Å². The second kappa shape index (κ2) is 8.08. The molecular formula is C14H19O7P. The van der Waals surface area contributed by atoms with Crippen molar-refractivity contribution in [2.45, 2.75) is 13.8 Å². The SMILES string of the molecule is CCOP(=O)(OCC)c1cc(C(=O)OC)cc(C(=O)OC)c1. The van der Waals surface area contributed by atoms with E-state index in [0.29, 0.717) is 0 Å². The van der Waals surface area contributed by atoms with Gasteiger partial charge in [0.15, 0.2) is 0 Å². The second-order valence-corrected chi connectivity index (χ2v) is 6.11. The van der Waals surface area contributed by atoms with E-state index in [0.717, 1.165) is 0 Å². The van der Waals surface area contributed by atoms with Crippen molar-refractivity contribution in [1.29, 1.82) is 0 Å². The first kappa shape index (κ1) is 18.4. The summed E-state index contributed by atoms with van der Waals surface area (Å²) in [7, 11) is -1.23. The lowest BCUT2D eigenvalue weighted by atomic mass is 10.1. The number of benzene rings is 1. The molecule has 7 nitrogen and oxygen atoms in total. The van der Waals surface area contributed by atoms with Gasteiger partial charge in [0, 0.05) is 0 Å². The van der Waals surface area contributed by atoms with Crippen molar-refractivity contribution in [3.05, 3.63) is 29.3 Å². The third-order valence-electron chi connectivity index (χ3n) is 2.67. The van der Waals surface area contributed by atoms with Crippen LogP contribution in [0.2, 0.25) is 0 Å². The third kappa shape index (κ3) is 4.16. The van der Waals surface area contributed by atoms with Gasteiger partial charge in [-0.3, -0.25) is 4.57 Å². The van der Waals surface area contributed by atoms with Crippen LogP contribution in [0.15, 0.2) is 18.2 Å². The van der Waals surface area contributed by atoms with E-state index in [9.17, 15) is 14.2 Å². The number of hydrogen-bond acceptors (Lipinski definition) is 7. The fourth-order valence-corrected chi connectivity index (χ4v) is 3.41. The fourth-order valence-electron chi connectivity index (χ4n) is 1.77. The standard InChI is InChI=1S/C14H19O7P/c1-5-20-22(17,21-6-2)12-8-10(13(15)18-3)7-11(9-12)14(16)19-4/h7-9H,5-6H2,1-4H3. The van der Waals surface area contributed by atoms with E-state index < -0.39 is 19.5 Å². The van der Waals surface area contributed by atoms with Crippen molar-refractivity contribution >= 4 is 24.8 Å². The Labute approximate surface area is 129 Å². The number of esters is 2. The lowest BCUT2D eigenvalue weighted by molar-refractivity contribution is 0.0599. The molecule has 0 aliphatic rings. The highest BCUT2D eigenvalue weighted by molar-refractivity contribution is 7.62. The Bertz CT molecular complexity index is 553. The molecule has 0 fully saturated rings. The molecular weight excluding hydrogens is 311 g/mol. The van der Waals surface area contributed by atoms with E-state index in [1.807, 2.05) is 0 Å². The summed E-state index contributed by atoms with van der Waals surface area (Å²) in [6.07, 6.45) is 0. The van der Waals surface area contributed by atoms with Crippen LogP contribution < -0.4 is 5.30 Å². The number of carbonyl (C=O) groups excluding carboxylic acids is 2. The maximum atomic E-state index is 12.8. The molecule has 0 saturated carbocycles. The number of methoxy groups -OCH3 is 2. The van der Waals surface area contributed by atoms with Gasteiger partial charge in [-0.2, -0.15) is 0 Å². The molecule has 0 aliphatic carbocycles. The summed E-state index contributed by atoms with van der Waals surface area (Å²) in [5, 5.41) is 0.0968. The molecule has 1 rings (SSSR count). The summed E-state index contributed by atoms with van der Waals surface area (Å²) in [4.78, 5) is 23.5. The third-order valence-corrected chi connectivity index (χ3v) is 4.76. The molecule has 0 bridgehead atoms. The van der Waals surface area contributed by atoms with Crippen LogP contribution in [-0.2, 0) is 23.1 Å². The number of carbonyl (C=O) groups is 2. The molecule has 1 aromatic rings. The molecule has 0 unspecified atom stereocenters. The minimum absolute atomic E-state index is 0.0556. The highest BCUT2D eigenvalue weighted by atomic mass is 31.2. The van der Waals surface area contributed by atoms with Crippen molar-refractivity contribution < 1.29 is 32.7 Å². The van der Waals surface area contributed by atoms with Gasteiger partial charge in [0.1, 0.15) is 0 Å². The molecule has 0 N–H and O–H groups in total. The van der Waals surface area contributed by atoms with E-state index in [1.54, 1.807) is 13.8 Å². The van der Waals surface area contributed by atoms with Gasteiger partial charge in [-0.05, 0) is 32.0 Å². The summed E-state index contributed by atoms with van der Waals surface area (Å²) in [6, 6.07) is 3.94. The lowest BCUT2D eigenvalue weighted by Gasteiger charge is -2.18. The average Bonchev–Trinajstić information content (AvgIpc) is 2.53. The van der Waals surface area contributed by atoms with Crippen LogP contribution in [0.1, 0.15) is 34.6 Å². The molecule has 0 saturated heterocycles. The molecule has 0 spiro atoms. The van der Waals surface area contributed by atoms with Gasteiger partial charge in [-0.25, -0.2) is 9.59 Å². The van der Waals surface area contributed by atoms with Crippen LogP contribution in [0.25, 0.3) is 0 Å². The summed E-state index contributed by atoms with van der Waals surface area (Å²) in [5.41, 5.74) is 0.111. The molecule has 0 aliphatic heterocycles. The van der Waals surface area contributed by atoms with E-state index >= 15 is 0 Å². The van der Waals surface area contributed by atoms with Crippen molar-refractivity contribution in [2.24, 2.45) is 0 Å². The number of hydrogen-bond donors (Lipinski definition) is 0. The van der Waals surface area contributed by atoms with E-state index in [4.69, 9.17) is 9.05 Å². The van der Waals surface area contributed by atoms with E-state index in [1.165, 1.54) is 32.4 Å². The summed E-state index contributed by atoms with van der Waals surface area (Å²) in [6.45, 7) is 3.62. The smallest absolute Gasteiger partial charge is 0.361 e. The average molecular weight is 330 g/mol. The monoisotopic (exact) mass is 330 g/mol. The van der Waals surface area contributed by atoms with Gasteiger partial charge < -0.3 is 18.5 Å². The van der Waals surface area contributed by atoms with Gasteiger partial charge in [0.05, 0.1) is 43.9 Å². The first-order chi connectivity index (χ1) is 10.4. The van der Waals surface area contributed by atoms with Gasteiger partial charge in [-0.15, -0.1) is 0 Å². The normalized spacial score (nSPS) is 11.1. The highest BCUT2D eigenvalue weighted by Gasteiger charge is 2.29. The molecule has 0 radical (unpaired) electrons. The Morgan fingerprint density at radius 2 is 1.32 bits per heavy atom. The molecule has 8 heteroatoms. The Hall–Kier alpha value is -1.69. The summed E-state index contributed by atoms with van der Waals surface area (Å²) in [5.74, 6) is -1.35. The zero-order chi connectivity index (χ0) is 16.8. The van der Waals surface area contributed by atoms with Crippen LogP contribution in [0.3, 0.4) is 0 Å². The van der Waals surface area contributed by atoms with Crippen LogP contribution in [0, 0.1) is 0 Å². The van der Waals surface area contributed by atoms with Gasteiger partial charge >= 0.3 is 19.5 Å². The van der Waals surface area contributed by atoms with Gasteiger partial charge in [0.25, 0.3) is 0 Å². The minimum atomic E-state index is -3.64. The quantitative estimate of drug-likeness (QED) is 0.559. The minimum Gasteiger partial charge on any atom is -0.465 e. The predicted molar refractivity (Wildman–Crippen MR) is 79.6 cm³/mol. The zero-order valence-electron chi connectivity index (χ0n) is 13.0. The Morgan fingerprint density at radius 1 is 0.909 bits per heavy atom.